The van der Waals surface area contributed by atoms with Crippen LogP contribution in [0.3, 0.4) is 0 Å². The first-order chi connectivity index (χ1) is 15.7. The fourth-order valence-corrected chi connectivity index (χ4v) is 4.14. The van der Waals surface area contributed by atoms with Crippen molar-refractivity contribution in [3.63, 3.8) is 0 Å². The Kier molecular flexibility index (Phi) is 11.0. The van der Waals surface area contributed by atoms with Gasteiger partial charge in [0.05, 0.1) is 19.3 Å². The van der Waals surface area contributed by atoms with Crippen LogP contribution in [-0.2, 0) is 20.7 Å². The summed E-state index contributed by atoms with van der Waals surface area (Å²) in [5, 5.41) is 10.5. The molecular weight excluding hydrogens is 428 g/mol. The number of methoxy groups -OCH3 is 1. The molecule has 0 aliphatic carbocycles. The molecule has 0 unspecified atom stereocenters. The molecule has 1 aliphatic rings. The van der Waals surface area contributed by atoms with E-state index in [2.05, 4.69) is 16.9 Å². The lowest BCUT2D eigenvalue weighted by Crippen LogP contribution is -2.36. The molecule has 3 atom stereocenters. The summed E-state index contributed by atoms with van der Waals surface area (Å²) in [6, 6.07) is 9.42. The third-order valence-corrected chi connectivity index (χ3v) is 6.28. The van der Waals surface area contributed by atoms with Gasteiger partial charge in [0.15, 0.2) is 0 Å². The van der Waals surface area contributed by atoms with Crippen molar-refractivity contribution in [2.45, 2.75) is 82.8 Å². The van der Waals surface area contributed by atoms with Crippen molar-refractivity contribution in [3.8, 4) is 0 Å². The fraction of sp³-hybridized carbons (Fsp3) is 0.615. The van der Waals surface area contributed by atoms with Crippen molar-refractivity contribution in [2.24, 2.45) is 5.92 Å². The van der Waals surface area contributed by atoms with E-state index in [0.29, 0.717) is 19.3 Å². The van der Waals surface area contributed by atoms with E-state index in [4.69, 9.17) is 0 Å². The van der Waals surface area contributed by atoms with Gasteiger partial charge in [-0.3, -0.25) is 9.59 Å². The van der Waals surface area contributed by atoms with E-state index in [-0.39, 0.29) is 18.4 Å². The van der Waals surface area contributed by atoms with Gasteiger partial charge in [-0.1, -0.05) is 62.2 Å². The molecular formula is C26H37F2NO4. The number of aliphatic hydroxyl groups excluding tert-OH is 1. The second-order valence-corrected chi connectivity index (χ2v) is 8.95. The minimum atomic E-state index is -3.37. The number of alkyl halides is 2. The topological polar surface area (TPSA) is 66.8 Å². The average Bonchev–Trinajstić information content (AvgIpc) is 3.02. The number of aliphatic hydroxyl groups is 1. The van der Waals surface area contributed by atoms with Crippen molar-refractivity contribution < 1.29 is 28.2 Å². The molecule has 1 fully saturated rings. The van der Waals surface area contributed by atoms with Gasteiger partial charge in [-0.2, -0.15) is 8.78 Å². The number of carbonyl (C=O) groups excluding carboxylic acids is 2. The van der Waals surface area contributed by atoms with Crippen LogP contribution in [0.15, 0.2) is 42.5 Å². The van der Waals surface area contributed by atoms with E-state index >= 15 is 0 Å². The summed E-state index contributed by atoms with van der Waals surface area (Å²) in [6.07, 6.45) is 7.61. The predicted molar refractivity (Wildman–Crippen MR) is 124 cm³/mol. The lowest BCUT2D eigenvalue weighted by atomic mass is 9.95. The van der Waals surface area contributed by atoms with E-state index < -0.39 is 30.4 Å². The van der Waals surface area contributed by atoms with E-state index in [1.165, 1.54) is 17.6 Å². The van der Waals surface area contributed by atoms with Gasteiger partial charge in [0.1, 0.15) is 0 Å². The third kappa shape index (κ3) is 8.88. The molecule has 0 saturated carbocycles. The Morgan fingerprint density at radius 1 is 1.21 bits per heavy atom. The summed E-state index contributed by atoms with van der Waals surface area (Å²) in [5.41, 5.74) is 1.25. The summed E-state index contributed by atoms with van der Waals surface area (Å²) in [6.45, 7) is 2.19. The van der Waals surface area contributed by atoms with E-state index in [1.807, 2.05) is 25.1 Å². The first-order valence-corrected chi connectivity index (χ1v) is 11.9. The fourth-order valence-electron chi connectivity index (χ4n) is 4.14. The second-order valence-electron chi connectivity index (χ2n) is 8.95. The molecule has 0 radical (unpaired) electrons. The first kappa shape index (κ1) is 27.0. The van der Waals surface area contributed by atoms with Crippen molar-refractivity contribution in [1.29, 1.82) is 0 Å². The van der Waals surface area contributed by atoms with Gasteiger partial charge < -0.3 is 14.7 Å². The van der Waals surface area contributed by atoms with Gasteiger partial charge in [-0.05, 0) is 43.6 Å². The number of benzene rings is 1. The summed E-state index contributed by atoms with van der Waals surface area (Å²) < 4.78 is 32.7. The zero-order valence-electron chi connectivity index (χ0n) is 19.7. The minimum absolute atomic E-state index is 0.00848. The standard InChI is InChI=1S/C26H37F2NO4/c1-20(11-10-14-21-12-6-5-7-13-21)23(30)17-16-22-19-26(27,28)25(32)29(22)18-9-4-3-8-15-24(31)33-2/h5-7,12-13,16-17,20,22-23,30H,3-4,8-11,14-15,18-19H2,1-2H3/t20-,22+,23+/m1/s1. The lowest BCUT2D eigenvalue weighted by molar-refractivity contribution is -0.148. The third-order valence-electron chi connectivity index (χ3n) is 6.28. The lowest BCUT2D eigenvalue weighted by Gasteiger charge is -2.22. The molecule has 0 aromatic heterocycles. The number of hydrogen-bond acceptors (Lipinski definition) is 4. The molecule has 0 bridgehead atoms. The predicted octanol–water partition coefficient (Wildman–Crippen LogP) is 4.92. The summed E-state index contributed by atoms with van der Waals surface area (Å²) in [5.74, 6) is -4.78. The monoisotopic (exact) mass is 465 g/mol. The minimum Gasteiger partial charge on any atom is -0.469 e. The molecule has 1 aromatic rings. The summed E-state index contributed by atoms with van der Waals surface area (Å²) >= 11 is 0. The highest BCUT2D eigenvalue weighted by Gasteiger charge is 2.52. The van der Waals surface area contributed by atoms with Gasteiger partial charge in [0.2, 0.25) is 0 Å². The zero-order valence-corrected chi connectivity index (χ0v) is 19.7. The number of esters is 1. The maximum atomic E-state index is 14.1. The Hall–Kier alpha value is -2.28. The normalized spacial score (nSPS) is 19.7. The van der Waals surface area contributed by atoms with Gasteiger partial charge >= 0.3 is 11.9 Å². The number of likely N-dealkylation sites (tertiary alicyclic amines) is 1. The van der Waals surface area contributed by atoms with Gasteiger partial charge in [0.25, 0.3) is 5.91 Å². The van der Waals surface area contributed by atoms with Gasteiger partial charge in [-0.15, -0.1) is 0 Å². The Balaban J connectivity index is 1.79. The number of hydrogen-bond donors (Lipinski definition) is 1. The number of ether oxygens (including phenoxy) is 1. The van der Waals surface area contributed by atoms with Crippen LogP contribution in [-0.4, -0.2) is 53.6 Å². The number of amides is 1. The molecule has 1 N–H and O–H groups in total. The molecule has 0 spiro atoms. The molecule has 1 saturated heterocycles. The van der Waals surface area contributed by atoms with Gasteiger partial charge in [0, 0.05) is 19.4 Å². The molecule has 2 rings (SSSR count). The Morgan fingerprint density at radius 2 is 1.91 bits per heavy atom. The average molecular weight is 466 g/mol. The molecule has 33 heavy (non-hydrogen) atoms. The van der Waals surface area contributed by atoms with E-state index in [1.54, 1.807) is 12.2 Å². The van der Waals surface area contributed by atoms with Crippen molar-refractivity contribution in [3.05, 3.63) is 48.0 Å². The summed E-state index contributed by atoms with van der Waals surface area (Å²) in [7, 11) is 1.34. The number of rotatable bonds is 14. The van der Waals surface area contributed by atoms with Crippen LogP contribution in [0, 0.1) is 5.92 Å². The first-order valence-electron chi connectivity index (χ1n) is 11.9. The molecule has 1 amide bonds. The van der Waals surface area contributed by atoms with Crippen LogP contribution >= 0.6 is 0 Å². The number of aryl methyl sites for hydroxylation is 1. The second kappa shape index (κ2) is 13.4. The van der Waals surface area contributed by atoms with Crippen LogP contribution < -0.4 is 0 Å². The van der Waals surface area contributed by atoms with Crippen LogP contribution in [0.4, 0.5) is 8.78 Å². The molecule has 1 aliphatic heterocycles. The number of carbonyl (C=O) groups is 2. The van der Waals surface area contributed by atoms with E-state index in [9.17, 15) is 23.5 Å². The quantitative estimate of drug-likeness (QED) is 0.241. The maximum absolute atomic E-state index is 14.1. The highest BCUT2D eigenvalue weighted by atomic mass is 19.3. The molecule has 1 heterocycles. The van der Waals surface area contributed by atoms with Crippen LogP contribution in [0.1, 0.15) is 63.9 Å². The van der Waals surface area contributed by atoms with Crippen LogP contribution in [0.25, 0.3) is 0 Å². The molecule has 5 nitrogen and oxygen atoms in total. The highest BCUT2D eigenvalue weighted by molar-refractivity contribution is 5.86. The van der Waals surface area contributed by atoms with Crippen molar-refractivity contribution >= 4 is 11.9 Å². The molecule has 7 heteroatoms. The zero-order chi connectivity index (χ0) is 24.3. The molecule has 1 aromatic carbocycles. The van der Waals surface area contributed by atoms with Crippen LogP contribution in [0.5, 0.6) is 0 Å². The molecule has 184 valence electrons. The smallest absolute Gasteiger partial charge is 0.327 e. The Bertz CT molecular complexity index is 769. The number of nitrogens with zero attached hydrogens (tertiary/aromatic N) is 1. The Morgan fingerprint density at radius 3 is 2.61 bits per heavy atom. The summed E-state index contributed by atoms with van der Waals surface area (Å²) in [4.78, 5) is 24.5. The largest absolute Gasteiger partial charge is 0.469 e. The Labute approximate surface area is 195 Å². The van der Waals surface area contributed by atoms with E-state index in [0.717, 1.165) is 32.1 Å². The van der Waals surface area contributed by atoms with Gasteiger partial charge in [-0.25, -0.2) is 0 Å². The van der Waals surface area contributed by atoms with Crippen molar-refractivity contribution in [1.82, 2.24) is 4.90 Å². The van der Waals surface area contributed by atoms with Crippen LogP contribution in [0.2, 0.25) is 0 Å². The SMILES string of the molecule is COC(=O)CCCCCCN1C(=O)C(F)(F)C[C@@H]1C=C[C@H](O)[C@H](C)CCCc1ccccc1. The number of halogens is 2. The maximum Gasteiger partial charge on any atom is 0.327 e. The number of unbranched alkanes of at least 4 members (excludes halogenated alkanes) is 3. The van der Waals surface area contributed by atoms with Crippen molar-refractivity contribution in [2.75, 3.05) is 13.7 Å². The highest BCUT2D eigenvalue weighted by Crippen LogP contribution is 2.34.